The van der Waals surface area contributed by atoms with Gasteiger partial charge in [-0.15, -0.1) is 5.06 Å². The fourth-order valence-electron chi connectivity index (χ4n) is 1.42. The largest absolute Gasteiger partial charge is 0.394 e. The van der Waals surface area contributed by atoms with E-state index >= 15 is 0 Å². The standard InChI is InChI=1S/C8H12N4O2/c13-8(7-9-6-10-11-7)14-12-4-2-1-3-5-12/h6H,1-5H2,(H,9,10,11). The van der Waals surface area contributed by atoms with Gasteiger partial charge in [-0.2, -0.15) is 5.10 Å². The molecule has 0 aromatic carbocycles. The predicted octanol–water partition coefficient (Wildman–Crippen LogP) is 0.362. The van der Waals surface area contributed by atoms with Crippen LogP contribution in [0.5, 0.6) is 0 Å². The van der Waals surface area contributed by atoms with Crippen LogP contribution in [0.4, 0.5) is 0 Å². The summed E-state index contributed by atoms with van der Waals surface area (Å²) in [5, 5.41) is 7.72. The number of nitrogens with zero attached hydrogens (tertiary/aromatic N) is 3. The summed E-state index contributed by atoms with van der Waals surface area (Å²) in [6.45, 7) is 1.61. The number of hydrogen-bond acceptors (Lipinski definition) is 5. The Morgan fingerprint density at radius 3 is 2.86 bits per heavy atom. The lowest BCUT2D eigenvalue weighted by Crippen LogP contribution is -2.32. The minimum atomic E-state index is -0.468. The molecule has 0 spiro atoms. The average Bonchev–Trinajstić information content (AvgIpc) is 2.72. The van der Waals surface area contributed by atoms with Crippen molar-refractivity contribution in [1.82, 2.24) is 20.2 Å². The molecule has 0 aliphatic carbocycles. The third-order valence-corrected chi connectivity index (χ3v) is 2.14. The molecule has 2 heterocycles. The van der Waals surface area contributed by atoms with E-state index in [2.05, 4.69) is 15.2 Å². The molecule has 76 valence electrons. The molecule has 0 atom stereocenters. The molecule has 14 heavy (non-hydrogen) atoms. The number of H-pyrrole nitrogens is 1. The molecule has 0 amide bonds. The Hall–Kier alpha value is -1.43. The van der Waals surface area contributed by atoms with Gasteiger partial charge >= 0.3 is 5.97 Å². The average molecular weight is 196 g/mol. The summed E-state index contributed by atoms with van der Waals surface area (Å²) in [5.74, 6) is -0.319. The molecule has 1 aliphatic rings. The summed E-state index contributed by atoms with van der Waals surface area (Å²) in [6, 6.07) is 0. The van der Waals surface area contributed by atoms with Crippen molar-refractivity contribution in [1.29, 1.82) is 0 Å². The number of carbonyl (C=O) groups is 1. The Balaban J connectivity index is 1.87. The van der Waals surface area contributed by atoms with Crippen molar-refractivity contribution in [3.05, 3.63) is 12.2 Å². The molecule has 1 fully saturated rings. The second kappa shape index (κ2) is 4.19. The van der Waals surface area contributed by atoms with Crippen molar-refractivity contribution in [3.63, 3.8) is 0 Å². The van der Waals surface area contributed by atoms with Crippen molar-refractivity contribution < 1.29 is 9.63 Å². The maximum atomic E-state index is 11.4. The minimum Gasteiger partial charge on any atom is -0.362 e. The van der Waals surface area contributed by atoms with Gasteiger partial charge in [0.1, 0.15) is 6.33 Å². The maximum absolute atomic E-state index is 11.4. The SMILES string of the molecule is O=C(ON1CCCCC1)c1ncn[nH]1. The third kappa shape index (κ3) is 2.08. The van der Waals surface area contributed by atoms with Gasteiger partial charge < -0.3 is 4.84 Å². The van der Waals surface area contributed by atoms with E-state index in [1.165, 1.54) is 12.7 Å². The maximum Gasteiger partial charge on any atom is 0.394 e. The molecule has 6 heteroatoms. The first-order valence-electron chi connectivity index (χ1n) is 4.69. The van der Waals surface area contributed by atoms with E-state index in [0.717, 1.165) is 25.9 Å². The van der Waals surface area contributed by atoms with E-state index in [9.17, 15) is 4.79 Å². The quantitative estimate of drug-likeness (QED) is 0.739. The van der Waals surface area contributed by atoms with Crippen molar-refractivity contribution in [2.24, 2.45) is 0 Å². The van der Waals surface area contributed by atoms with Crippen LogP contribution in [0.25, 0.3) is 0 Å². The summed E-state index contributed by atoms with van der Waals surface area (Å²) < 4.78 is 0. The van der Waals surface area contributed by atoms with Gasteiger partial charge in [-0.25, -0.2) is 9.78 Å². The van der Waals surface area contributed by atoms with Crippen LogP contribution < -0.4 is 0 Å². The van der Waals surface area contributed by atoms with Gasteiger partial charge in [-0.3, -0.25) is 5.10 Å². The van der Waals surface area contributed by atoms with Gasteiger partial charge in [0, 0.05) is 13.1 Å². The summed E-state index contributed by atoms with van der Waals surface area (Å²) in [6.07, 6.45) is 4.64. The molecular formula is C8H12N4O2. The molecule has 6 nitrogen and oxygen atoms in total. The zero-order chi connectivity index (χ0) is 9.80. The number of nitrogens with one attached hydrogen (secondary N) is 1. The summed E-state index contributed by atoms with van der Waals surface area (Å²) in [5.41, 5.74) is 0. The lowest BCUT2D eigenvalue weighted by atomic mass is 10.2. The lowest BCUT2D eigenvalue weighted by molar-refractivity contribution is -0.120. The molecule has 1 saturated heterocycles. The van der Waals surface area contributed by atoms with Crippen molar-refractivity contribution in [3.8, 4) is 0 Å². The number of aromatic nitrogens is 3. The second-order valence-electron chi connectivity index (χ2n) is 3.20. The molecule has 1 aromatic rings. The van der Waals surface area contributed by atoms with E-state index in [1.807, 2.05) is 0 Å². The number of carbonyl (C=O) groups excluding carboxylic acids is 1. The Bertz CT molecular complexity index is 292. The van der Waals surface area contributed by atoms with Crippen molar-refractivity contribution in [2.45, 2.75) is 19.3 Å². The fourth-order valence-corrected chi connectivity index (χ4v) is 1.42. The molecular weight excluding hydrogens is 184 g/mol. The fraction of sp³-hybridized carbons (Fsp3) is 0.625. The van der Waals surface area contributed by atoms with Crippen LogP contribution in [-0.4, -0.2) is 39.3 Å². The zero-order valence-electron chi connectivity index (χ0n) is 7.77. The van der Waals surface area contributed by atoms with Gasteiger partial charge in [-0.05, 0) is 12.8 Å². The number of hydroxylamine groups is 2. The Kier molecular flexibility index (Phi) is 2.73. The summed E-state index contributed by atoms with van der Waals surface area (Å²) >= 11 is 0. The molecule has 0 saturated carbocycles. The highest BCUT2D eigenvalue weighted by molar-refractivity contribution is 5.84. The third-order valence-electron chi connectivity index (χ3n) is 2.14. The smallest absolute Gasteiger partial charge is 0.362 e. The molecule has 1 aliphatic heterocycles. The van der Waals surface area contributed by atoms with Gasteiger partial charge in [0.15, 0.2) is 0 Å². The Morgan fingerprint density at radius 1 is 1.43 bits per heavy atom. The Labute approximate surface area is 81.2 Å². The molecule has 0 unspecified atom stereocenters. The van der Waals surface area contributed by atoms with Crippen LogP contribution in [0.2, 0.25) is 0 Å². The molecule has 1 aromatic heterocycles. The number of aromatic amines is 1. The topological polar surface area (TPSA) is 71.1 Å². The van der Waals surface area contributed by atoms with Gasteiger partial charge in [0.2, 0.25) is 5.82 Å². The highest BCUT2D eigenvalue weighted by atomic mass is 16.7. The van der Waals surface area contributed by atoms with E-state index in [0.29, 0.717) is 0 Å². The minimum absolute atomic E-state index is 0.149. The van der Waals surface area contributed by atoms with Gasteiger partial charge in [0.25, 0.3) is 0 Å². The van der Waals surface area contributed by atoms with Crippen molar-refractivity contribution >= 4 is 5.97 Å². The van der Waals surface area contributed by atoms with Crippen LogP contribution in [0, 0.1) is 0 Å². The number of hydrogen-bond donors (Lipinski definition) is 1. The lowest BCUT2D eigenvalue weighted by Gasteiger charge is -2.24. The first-order valence-corrected chi connectivity index (χ1v) is 4.69. The second-order valence-corrected chi connectivity index (χ2v) is 3.20. The first-order chi connectivity index (χ1) is 6.86. The van der Waals surface area contributed by atoms with Gasteiger partial charge in [-0.1, -0.05) is 6.42 Å². The molecule has 1 N–H and O–H groups in total. The summed E-state index contributed by atoms with van der Waals surface area (Å²) in [4.78, 5) is 20.2. The van der Waals surface area contributed by atoms with Crippen molar-refractivity contribution in [2.75, 3.05) is 13.1 Å². The zero-order valence-corrected chi connectivity index (χ0v) is 7.77. The van der Waals surface area contributed by atoms with E-state index in [1.54, 1.807) is 5.06 Å². The highest BCUT2D eigenvalue weighted by Crippen LogP contribution is 2.09. The van der Waals surface area contributed by atoms with Crippen LogP contribution >= 0.6 is 0 Å². The Morgan fingerprint density at radius 2 is 2.21 bits per heavy atom. The van der Waals surface area contributed by atoms with Crippen LogP contribution in [0.15, 0.2) is 6.33 Å². The number of piperidine rings is 1. The number of rotatable bonds is 2. The molecule has 2 rings (SSSR count). The normalized spacial score (nSPS) is 18.0. The van der Waals surface area contributed by atoms with E-state index < -0.39 is 5.97 Å². The van der Waals surface area contributed by atoms with Crippen LogP contribution in [0.1, 0.15) is 29.9 Å². The first kappa shape index (κ1) is 9.14. The van der Waals surface area contributed by atoms with Crippen LogP contribution in [-0.2, 0) is 4.84 Å². The van der Waals surface area contributed by atoms with E-state index in [4.69, 9.17) is 4.84 Å². The summed E-state index contributed by atoms with van der Waals surface area (Å²) in [7, 11) is 0. The van der Waals surface area contributed by atoms with Gasteiger partial charge in [0.05, 0.1) is 0 Å². The highest BCUT2D eigenvalue weighted by Gasteiger charge is 2.17. The molecule has 0 radical (unpaired) electrons. The van der Waals surface area contributed by atoms with Crippen LogP contribution in [0.3, 0.4) is 0 Å². The molecule has 0 bridgehead atoms. The predicted molar refractivity (Wildman–Crippen MR) is 47.2 cm³/mol. The van der Waals surface area contributed by atoms with E-state index in [-0.39, 0.29) is 5.82 Å². The monoisotopic (exact) mass is 196 g/mol.